The van der Waals surface area contributed by atoms with Crippen LogP contribution in [-0.2, 0) is 4.79 Å². The molecule has 88 valence electrons. The number of nitrogens with one attached hydrogen (secondary N) is 2. The first kappa shape index (κ1) is 12.7. The van der Waals surface area contributed by atoms with E-state index in [1.54, 1.807) is 19.0 Å². The number of aromatic nitrogens is 2. The number of halogens is 1. The van der Waals surface area contributed by atoms with Gasteiger partial charge in [-0.1, -0.05) is 0 Å². The zero-order valence-electron chi connectivity index (χ0n) is 8.99. The molecule has 0 spiro atoms. The van der Waals surface area contributed by atoms with E-state index in [1.807, 2.05) is 0 Å². The third-order valence-corrected chi connectivity index (χ3v) is 2.66. The lowest BCUT2D eigenvalue weighted by atomic mass is 10.4. The molecule has 1 amide bonds. The lowest BCUT2D eigenvalue weighted by molar-refractivity contribution is -0.119. The van der Waals surface area contributed by atoms with Crippen LogP contribution in [0, 0.1) is 0 Å². The second kappa shape index (κ2) is 5.61. The van der Waals surface area contributed by atoms with E-state index in [0.717, 1.165) is 0 Å². The summed E-state index contributed by atoms with van der Waals surface area (Å²) in [6, 6.07) is 0. The Morgan fingerprint density at radius 1 is 1.62 bits per heavy atom. The van der Waals surface area contributed by atoms with Gasteiger partial charge in [0.1, 0.15) is 16.6 Å². The fourth-order valence-electron chi connectivity index (χ4n) is 1.10. The molecule has 1 heterocycles. The molecule has 16 heavy (non-hydrogen) atoms. The Kier molecular flexibility index (Phi) is 4.44. The first-order valence-electron chi connectivity index (χ1n) is 4.49. The van der Waals surface area contributed by atoms with Crippen LogP contribution in [0.25, 0.3) is 0 Å². The molecular weight excluding hydrogens is 276 g/mol. The maximum absolute atomic E-state index is 11.2. The molecule has 0 aliphatic heterocycles. The van der Waals surface area contributed by atoms with E-state index in [1.165, 1.54) is 6.33 Å². The number of rotatable bonds is 4. The maximum Gasteiger partial charge on any atom is 0.239 e. The van der Waals surface area contributed by atoms with Crippen LogP contribution in [0.4, 0.5) is 11.6 Å². The van der Waals surface area contributed by atoms with Crippen LogP contribution in [0.2, 0.25) is 0 Å². The molecule has 0 aliphatic carbocycles. The zero-order chi connectivity index (χ0) is 12.1. The average molecular weight is 289 g/mol. The Hall–Kier alpha value is -1.41. The molecule has 1 rings (SSSR count). The Morgan fingerprint density at radius 3 is 2.88 bits per heavy atom. The summed E-state index contributed by atoms with van der Waals surface area (Å²) in [5, 5.41) is 2.53. The quantitative estimate of drug-likeness (QED) is 0.520. The molecule has 0 atom stereocenters. The summed E-state index contributed by atoms with van der Waals surface area (Å²) in [6.45, 7) is 0.204. The second-order valence-electron chi connectivity index (χ2n) is 3.03. The lowest BCUT2D eigenvalue weighted by Gasteiger charge is -2.18. The number of hydrogen-bond acceptors (Lipinski definition) is 6. The van der Waals surface area contributed by atoms with Gasteiger partial charge in [-0.15, -0.1) is 0 Å². The minimum absolute atomic E-state index is 0.102. The van der Waals surface area contributed by atoms with Crippen molar-refractivity contribution >= 4 is 33.5 Å². The summed E-state index contributed by atoms with van der Waals surface area (Å²) in [5.74, 6) is 6.23. The van der Waals surface area contributed by atoms with Gasteiger partial charge >= 0.3 is 0 Å². The Morgan fingerprint density at radius 2 is 2.31 bits per heavy atom. The predicted octanol–water partition coefficient (Wildman–Crippen LogP) is -0.293. The number of carbonyl (C=O) groups is 1. The first-order valence-corrected chi connectivity index (χ1v) is 5.28. The molecule has 0 aromatic carbocycles. The number of amides is 1. The number of carbonyl (C=O) groups excluding carboxylic acids is 1. The number of nitrogens with two attached hydrogens (primary N) is 1. The molecule has 0 aliphatic rings. The van der Waals surface area contributed by atoms with E-state index < -0.39 is 0 Å². The number of hydrogen-bond donors (Lipinski definition) is 3. The van der Waals surface area contributed by atoms with E-state index in [-0.39, 0.29) is 12.5 Å². The van der Waals surface area contributed by atoms with Crippen LogP contribution in [0.15, 0.2) is 10.8 Å². The Labute approximate surface area is 102 Å². The highest BCUT2D eigenvalue weighted by molar-refractivity contribution is 9.10. The second-order valence-corrected chi connectivity index (χ2v) is 3.83. The minimum Gasteiger partial charge on any atom is -0.358 e. The Bertz CT molecular complexity index is 385. The van der Waals surface area contributed by atoms with Gasteiger partial charge in [0.05, 0.1) is 6.54 Å². The van der Waals surface area contributed by atoms with Crippen molar-refractivity contribution in [2.45, 2.75) is 0 Å². The molecule has 1 aromatic rings. The van der Waals surface area contributed by atoms with Crippen molar-refractivity contribution < 1.29 is 4.79 Å². The van der Waals surface area contributed by atoms with Crippen molar-refractivity contribution in [3.63, 3.8) is 0 Å². The molecule has 7 nitrogen and oxygen atoms in total. The van der Waals surface area contributed by atoms with Crippen molar-refractivity contribution in [1.29, 1.82) is 0 Å². The number of likely N-dealkylation sites (N-methyl/N-ethyl adjacent to an activating group) is 2. The van der Waals surface area contributed by atoms with E-state index in [9.17, 15) is 4.79 Å². The molecular formula is C8H13BrN6O. The van der Waals surface area contributed by atoms with Crippen LogP contribution in [-0.4, -0.2) is 36.5 Å². The van der Waals surface area contributed by atoms with Gasteiger partial charge < -0.3 is 15.6 Å². The van der Waals surface area contributed by atoms with E-state index in [0.29, 0.717) is 16.1 Å². The molecule has 0 saturated heterocycles. The monoisotopic (exact) mass is 288 g/mol. The van der Waals surface area contributed by atoms with Gasteiger partial charge in [-0.05, 0) is 15.9 Å². The third-order valence-electron chi connectivity index (χ3n) is 1.93. The van der Waals surface area contributed by atoms with Gasteiger partial charge in [-0.2, -0.15) is 0 Å². The molecule has 0 unspecified atom stereocenters. The first-order chi connectivity index (χ1) is 7.60. The van der Waals surface area contributed by atoms with Crippen molar-refractivity contribution in [3.05, 3.63) is 10.8 Å². The lowest BCUT2D eigenvalue weighted by Crippen LogP contribution is -2.33. The highest BCUT2D eigenvalue weighted by atomic mass is 79.9. The average Bonchev–Trinajstić information content (AvgIpc) is 2.29. The topological polar surface area (TPSA) is 96.2 Å². The van der Waals surface area contributed by atoms with Crippen molar-refractivity contribution in [1.82, 2.24) is 15.3 Å². The normalized spacial score (nSPS) is 9.75. The standard InChI is InChI=1S/C8H13BrN6O/c1-11-5(16)3-15(2)8-6(9)7(14-10)12-4-13-8/h4H,3,10H2,1-2H3,(H,11,16)(H,12,13,14). The summed E-state index contributed by atoms with van der Waals surface area (Å²) >= 11 is 3.31. The maximum atomic E-state index is 11.2. The van der Waals surface area contributed by atoms with Crippen LogP contribution >= 0.6 is 15.9 Å². The molecule has 4 N–H and O–H groups in total. The van der Waals surface area contributed by atoms with Crippen LogP contribution < -0.4 is 21.5 Å². The number of nitrogen functional groups attached to an aromatic ring is 1. The number of nitrogens with zero attached hydrogens (tertiary/aromatic N) is 3. The number of anilines is 2. The van der Waals surface area contributed by atoms with E-state index in [4.69, 9.17) is 5.84 Å². The van der Waals surface area contributed by atoms with Gasteiger partial charge in [-0.25, -0.2) is 15.8 Å². The molecule has 0 bridgehead atoms. The minimum atomic E-state index is -0.102. The molecule has 0 saturated carbocycles. The SMILES string of the molecule is CNC(=O)CN(C)c1ncnc(NN)c1Br. The summed E-state index contributed by atoms with van der Waals surface area (Å²) in [5.41, 5.74) is 2.43. The zero-order valence-corrected chi connectivity index (χ0v) is 10.6. The summed E-state index contributed by atoms with van der Waals surface area (Å²) in [6.07, 6.45) is 1.37. The predicted molar refractivity (Wildman–Crippen MR) is 64.9 cm³/mol. The molecule has 8 heteroatoms. The summed E-state index contributed by atoms with van der Waals surface area (Å²) in [7, 11) is 3.33. The van der Waals surface area contributed by atoms with Gasteiger partial charge in [0.15, 0.2) is 5.82 Å². The smallest absolute Gasteiger partial charge is 0.239 e. The summed E-state index contributed by atoms with van der Waals surface area (Å²) in [4.78, 5) is 20.9. The van der Waals surface area contributed by atoms with Gasteiger partial charge in [0.25, 0.3) is 0 Å². The van der Waals surface area contributed by atoms with Crippen molar-refractivity contribution in [3.8, 4) is 0 Å². The largest absolute Gasteiger partial charge is 0.358 e. The van der Waals surface area contributed by atoms with Crippen LogP contribution in [0.5, 0.6) is 0 Å². The molecule has 0 fully saturated rings. The van der Waals surface area contributed by atoms with Gasteiger partial charge in [-0.3, -0.25) is 4.79 Å². The van der Waals surface area contributed by atoms with Crippen molar-refractivity contribution in [2.75, 3.05) is 31.0 Å². The van der Waals surface area contributed by atoms with E-state index in [2.05, 4.69) is 36.6 Å². The van der Waals surface area contributed by atoms with Crippen LogP contribution in [0.3, 0.4) is 0 Å². The fraction of sp³-hybridized carbons (Fsp3) is 0.375. The molecule has 1 aromatic heterocycles. The molecule has 0 radical (unpaired) electrons. The van der Waals surface area contributed by atoms with E-state index >= 15 is 0 Å². The van der Waals surface area contributed by atoms with Crippen molar-refractivity contribution in [2.24, 2.45) is 5.84 Å². The fourth-order valence-corrected chi connectivity index (χ4v) is 1.72. The summed E-state index contributed by atoms with van der Waals surface area (Å²) < 4.78 is 0.615. The third kappa shape index (κ3) is 2.80. The highest BCUT2D eigenvalue weighted by Gasteiger charge is 2.13. The number of hydrazine groups is 1. The van der Waals surface area contributed by atoms with Gasteiger partial charge in [0, 0.05) is 14.1 Å². The van der Waals surface area contributed by atoms with Gasteiger partial charge in [0.2, 0.25) is 5.91 Å². The van der Waals surface area contributed by atoms with Crippen LogP contribution in [0.1, 0.15) is 0 Å². The highest BCUT2D eigenvalue weighted by Crippen LogP contribution is 2.27. The Balaban J connectivity index is 2.91.